The van der Waals surface area contributed by atoms with Crippen LogP contribution >= 0.6 is 11.8 Å². The van der Waals surface area contributed by atoms with E-state index in [9.17, 15) is 4.79 Å². The molecule has 3 N–H and O–H groups in total. The summed E-state index contributed by atoms with van der Waals surface area (Å²) in [5.74, 6) is 2.16. The Bertz CT molecular complexity index is 510. The molecule has 1 fully saturated rings. The number of guanidine groups is 1. The summed E-state index contributed by atoms with van der Waals surface area (Å²) in [6, 6.07) is 3.35. The Morgan fingerprint density at radius 2 is 2.22 bits per heavy atom. The maximum absolute atomic E-state index is 11.7. The number of thioether (sulfide) groups is 1. The van der Waals surface area contributed by atoms with Gasteiger partial charge in [-0.15, -0.1) is 0 Å². The highest BCUT2D eigenvalue weighted by Gasteiger charge is 2.29. The van der Waals surface area contributed by atoms with Crippen LogP contribution in [0.25, 0.3) is 0 Å². The molecule has 1 aromatic heterocycles. The average Bonchev–Trinajstić information content (AvgIpc) is 3.21. The van der Waals surface area contributed by atoms with Crippen LogP contribution in [0.1, 0.15) is 37.2 Å². The molecular weight excluding hydrogens is 312 g/mol. The first-order valence-electron chi connectivity index (χ1n) is 8.11. The zero-order valence-corrected chi connectivity index (χ0v) is 14.7. The largest absolute Gasteiger partial charge is 0.459 e. The number of hydrogen-bond donors (Lipinski definition) is 3. The van der Waals surface area contributed by atoms with Crippen molar-refractivity contribution in [2.24, 2.45) is 4.99 Å². The molecule has 1 amide bonds. The fraction of sp³-hybridized carbons (Fsp3) is 0.625. The quantitative estimate of drug-likeness (QED) is 0.402. The fourth-order valence-corrected chi connectivity index (χ4v) is 3.63. The summed E-state index contributed by atoms with van der Waals surface area (Å²) < 4.78 is 5.31. The first kappa shape index (κ1) is 17.7. The fourth-order valence-electron chi connectivity index (χ4n) is 2.40. The first-order chi connectivity index (χ1) is 11.1. The number of aliphatic imine (C=N–C) groups is 1. The van der Waals surface area contributed by atoms with Crippen molar-refractivity contribution < 1.29 is 9.21 Å². The molecule has 1 aliphatic heterocycles. The number of nitrogens with zero attached hydrogens (tertiary/aromatic N) is 1. The van der Waals surface area contributed by atoms with Crippen molar-refractivity contribution in [3.05, 3.63) is 24.2 Å². The number of hydrogen-bond acceptors (Lipinski definition) is 4. The van der Waals surface area contributed by atoms with Gasteiger partial charge in [-0.2, -0.15) is 11.8 Å². The van der Waals surface area contributed by atoms with Gasteiger partial charge in [-0.3, -0.25) is 9.79 Å². The topological polar surface area (TPSA) is 78.7 Å². The van der Waals surface area contributed by atoms with E-state index in [1.807, 2.05) is 18.7 Å². The van der Waals surface area contributed by atoms with E-state index in [1.54, 1.807) is 12.1 Å². The molecule has 0 saturated carbocycles. The van der Waals surface area contributed by atoms with Gasteiger partial charge in [0.1, 0.15) is 0 Å². The zero-order valence-electron chi connectivity index (χ0n) is 13.9. The lowest BCUT2D eigenvalue weighted by atomic mass is 10.1. The number of carbonyl (C=O) groups excluding carboxylic acids is 1. The Morgan fingerprint density at radius 1 is 1.39 bits per heavy atom. The number of rotatable bonds is 7. The van der Waals surface area contributed by atoms with Gasteiger partial charge < -0.3 is 20.4 Å². The summed E-state index contributed by atoms with van der Waals surface area (Å²) in [7, 11) is 0. The molecule has 1 aromatic rings. The number of amides is 1. The molecule has 1 aliphatic rings. The predicted octanol–water partition coefficient (Wildman–Crippen LogP) is 1.85. The van der Waals surface area contributed by atoms with Crippen molar-refractivity contribution in [1.29, 1.82) is 0 Å². The van der Waals surface area contributed by atoms with Gasteiger partial charge in [0.25, 0.3) is 5.91 Å². The van der Waals surface area contributed by atoms with E-state index >= 15 is 0 Å². The SMILES string of the molecule is CCNC(=NCC1(C)CCCS1)NCCNC(=O)c1ccco1. The summed E-state index contributed by atoms with van der Waals surface area (Å²) >= 11 is 2.01. The van der Waals surface area contributed by atoms with Crippen LogP contribution in [0.3, 0.4) is 0 Å². The molecule has 1 unspecified atom stereocenters. The highest BCUT2D eigenvalue weighted by Crippen LogP contribution is 2.37. The molecule has 7 heteroatoms. The standard InChI is InChI=1S/C16H26N4O2S/c1-3-17-15(20-12-16(2)7-5-11-23-16)19-9-8-18-14(21)13-6-4-10-22-13/h4,6,10H,3,5,7-9,11-12H2,1-2H3,(H,18,21)(H2,17,19,20). The molecule has 6 nitrogen and oxygen atoms in total. The van der Waals surface area contributed by atoms with E-state index < -0.39 is 0 Å². The molecule has 1 atom stereocenters. The van der Waals surface area contributed by atoms with Gasteiger partial charge in [-0.05, 0) is 44.6 Å². The minimum Gasteiger partial charge on any atom is -0.459 e. The van der Waals surface area contributed by atoms with Gasteiger partial charge in [0.05, 0.1) is 12.8 Å². The molecular formula is C16H26N4O2S. The maximum atomic E-state index is 11.7. The van der Waals surface area contributed by atoms with Crippen LogP contribution in [0.4, 0.5) is 0 Å². The Kier molecular flexibility index (Phi) is 6.83. The van der Waals surface area contributed by atoms with Crippen LogP contribution in [0.5, 0.6) is 0 Å². The van der Waals surface area contributed by atoms with E-state index in [0.29, 0.717) is 18.8 Å². The Balaban J connectivity index is 1.72. The molecule has 2 heterocycles. The molecule has 0 bridgehead atoms. The van der Waals surface area contributed by atoms with E-state index in [4.69, 9.17) is 4.42 Å². The van der Waals surface area contributed by atoms with Crippen LogP contribution < -0.4 is 16.0 Å². The Labute approximate surface area is 141 Å². The number of carbonyl (C=O) groups is 1. The second kappa shape index (κ2) is 8.86. The number of furan rings is 1. The lowest BCUT2D eigenvalue weighted by Crippen LogP contribution is -2.42. The van der Waals surface area contributed by atoms with E-state index in [-0.39, 0.29) is 10.7 Å². The molecule has 128 valence electrons. The van der Waals surface area contributed by atoms with E-state index in [1.165, 1.54) is 24.9 Å². The van der Waals surface area contributed by atoms with Crippen LogP contribution in [-0.4, -0.2) is 48.5 Å². The van der Waals surface area contributed by atoms with Crippen molar-refractivity contribution in [2.45, 2.75) is 31.4 Å². The third kappa shape index (κ3) is 5.82. The third-order valence-electron chi connectivity index (χ3n) is 3.66. The van der Waals surface area contributed by atoms with Crippen LogP contribution in [0.2, 0.25) is 0 Å². The Hall–Kier alpha value is -1.63. The van der Waals surface area contributed by atoms with Crippen molar-refractivity contribution in [2.75, 3.05) is 31.9 Å². The van der Waals surface area contributed by atoms with Crippen molar-refractivity contribution in [3.8, 4) is 0 Å². The minimum absolute atomic E-state index is 0.200. The van der Waals surface area contributed by atoms with Gasteiger partial charge in [0.2, 0.25) is 0 Å². The highest BCUT2D eigenvalue weighted by molar-refractivity contribution is 8.00. The normalized spacial score (nSPS) is 21.2. The second-order valence-corrected chi connectivity index (χ2v) is 7.44. The smallest absolute Gasteiger partial charge is 0.287 e. The van der Waals surface area contributed by atoms with Crippen LogP contribution in [0, 0.1) is 0 Å². The lowest BCUT2D eigenvalue weighted by molar-refractivity contribution is 0.0926. The maximum Gasteiger partial charge on any atom is 0.287 e. The summed E-state index contributed by atoms with van der Waals surface area (Å²) in [6.07, 6.45) is 3.99. The molecule has 23 heavy (non-hydrogen) atoms. The summed E-state index contributed by atoms with van der Waals surface area (Å²) in [6.45, 7) is 7.07. The van der Waals surface area contributed by atoms with Gasteiger partial charge in [-0.1, -0.05) is 0 Å². The van der Waals surface area contributed by atoms with Crippen molar-refractivity contribution >= 4 is 23.6 Å². The summed E-state index contributed by atoms with van der Waals surface area (Å²) in [5, 5.41) is 9.29. The molecule has 0 radical (unpaired) electrons. The van der Waals surface area contributed by atoms with Crippen molar-refractivity contribution in [1.82, 2.24) is 16.0 Å². The van der Waals surface area contributed by atoms with Crippen LogP contribution in [0.15, 0.2) is 27.8 Å². The Morgan fingerprint density at radius 3 is 2.87 bits per heavy atom. The van der Waals surface area contributed by atoms with Gasteiger partial charge in [0.15, 0.2) is 11.7 Å². The minimum atomic E-state index is -0.200. The lowest BCUT2D eigenvalue weighted by Gasteiger charge is -2.21. The summed E-state index contributed by atoms with van der Waals surface area (Å²) in [5.41, 5.74) is 0. The van der Waals surface area contributed by atoms with E-state index in [0.717, 1.165) is 19.0 Å². The molecule has 0 aliphatic carbocycles. The molecule has 1 saturated heterocycles. The first-order valence-corrected chi connectivity index (χ1v) is 9.09. The zero-order chi connectivity index (χ0) is 16.5. The van der Waals surface area contributed by atoms with Gasteiger partial charge in [0, 0.05) is 24.4 Å². The second-order valence-electron chi connectivity index (χ2n) is 5.76. The summed E-state index contributed by atoms with van der Waals surface area (Å²) in [4.78, 5) is 16.4. The monoisotopic (exact) mass is 338 g/mol. The van der Waals surface area contributed by atoms with Gasteiger partial charge >= 0.3 is 0 Å². The highest BCUT2D eigenvalue weighted by atomic mass is 32.2. The van der Waals surface area contributed by atoms with Crippen molar-refractivity contribution in [3.63, 3.8) is 0 Å². The average molecular weight is 338 g/mol. The molecule has 0 spiro atoms. The predicted molar refractivity (Wildman–Crippen MR) is 95.1 cm³/mol. The van der Waals surface area contributed by atoms with Gasteiger partial charge in [-0.25, -0.2) is 0 Å². The van der Waals surface area contributed by atoms with Crippen LogP contribution in [-0.2, 0) is 0 Å². The molecule has 0 aromatic carbocycles. The number of nitrogens with one attached hydrogen (secondary N) is 3. The van der Waals surface area contributed by atoms with E-state index in [2.05, 4.69) is 27.9 Å². The third-order valence-corrected chi connectivity index (χ3v) is 5.19. The molecule has 2 rings (SSSR count).